The van der Waals surface area contributed by atoms with E-state index in [-0.39, 0.29) is 46.1 Å². The molecule has 0 heterocycles. The molecule has 1 saturated carbocycles. The topological polar surface area (TPSA) is 60.4 Å². The highest BCUT2D eigenvalue weighted by Gasteiger charge is 2.44. The van der Waals surface area contributed by atoms with E-state index >= 15 is 0 Å². The number of allylic oxidation sites excluding steroid dienone is 19. The van der Waals surface area contributed by atoms with Crippen molar-refractivity contribution in [1.82, 2.24) is 0 Å². The van der Waals surface area contributed by atoms with Crippen molar-refractivity contribution < 1.29 is 19.1 Å². The molecule has 1 fully saturated rings. The van der Waals surface area contributed by atoms with Crippen LogP contribution in [0.3, 0.4) is 0 Å². The quantitative estimate of drug-likeness (QED) is 0.173. The molecule has 2 aliphatic carbocycles. The minimum absolute atomic E-state index is 0.0457. The molecule has 242 valence electrons. The maximum atomic E-state index is 12.6. The van der Waals surface area contributed by atoms with E-state index in [1.807, 2.05) is 45.1 Å². The Hall–Kier alpha value is -3.63. The monoisotopic (exact) mass is 610 g/mol. The van der Waals surface area contributed by atoms with Crippen molar-refractivity contribution in [2.45, 2.75) is 88.2 Å². The largest absolute Gasteiger partial charge is 0.373 e. The first-order valence-electron chi connectivity index (χ1n) is 15.9. The van der Waals surface area contributed by atoms with E-state index in [1.54, 1.807) is 7.11 Å². The zero-order valence-electron chi connectivity index (χ0n) is 29.4. The van der Waals surface area contributed by atoms with Gasteiger partial charge in [-0.05, 0) is 68.9 Å². The number of ether oxygens (including phenoxy) is 1. The number of carbonyl (C=O) groups is 3. The summed E-state index contributed by atoms with van der Waals surface area (Å²) in [5.41, 5.74) is 5.98. The molecule has 2 aliphatic rings. The van der Waals surface area contributed by atoms with Crippen molar-refractivity contribution in [1.29, 1.82) is 0 Å². The third-order valence-electron chi connectivity index (χ3n) is 8.87. The number of Topliss-reactive ketones (excluding diaryl/α,β-unsaturated/α-hetero) is 3. The number of ketones is 3. The van der Waals surface area contributed by atoms with Gasteiger partial charge in [0, 0.05) is 19.4 Å². The zero-order valence-corrected chi connectivity index (χ0v) is 29.4. The Bertz CT molecular complexity index is 1440. The lowest BCUT2D eigenvalue weighted by molar-refractivity contribution is -0.145. The van der Waals surface area contributed by atoms with Crippen LogP contribution in [-0.4, -0.2) is 30.6 Å². The lowest BCUT2D eigenvalue weighted by Crippen LogP contribution is -2.43. The molecule has 0 aliphatic heterocycles. The molecular formula is C41H54O4. The van der Waals surface area contributed by atoms with Gasteiger partial charge in [0.25, 0.3) is 0 Å². The summed E-state index contributed by atoms with van der Waals surface area (Å²) < 4.78 is 5.40. The second kappa shape index (κ2) is 16.6. The Morgan fingerprint density at radius 3 is 1.76 bits per heavy atom. The summed E-state index contributed by atoms with van der Waals surface area (Å²) in [6.45, 7) is 20.4. The highest BCUT2D eigenvalue weighted by molar-refractivity contribution is 6.38. The van der Waals surface area contributed by atoms with E-state index in [1.165, 1.54) is 0 Å². The van der Waals surface area contributed by atoms with Crippen LogP contribution in [0.2, 0.25) is 0 Å². The lowest BCUT2D eigenvalue weighted by atomic mass is 9.63. The van der Waals surface area contributed by atoms with Crippen LogP contribution < -0.4 is 0 Å². The Balaban J connectivity index is 1.94. The Morgan fingerprint density at radius 1 is 0.733 bits per heavy atom. The van der Waals surface area contributed by atoms with Gasteiger partial charge in [-0.25, -0.2) is 0 Å². The first-order chi connectivity index (χ1) is 21.0. The SMILES string of the molecule is CO[C@H]1CC(C)(C)C(C=CC(C)=CC=CC(C)=CC=CC=C(C)C=CC=C(C)C=CC2C(C)C(=O)C(=O)CC2(C)C)=C(C)C1=O. The number of methoxy groups -OCH3 is 1. The van der Waals surface area contributed by atoms with Crippen LogP contribution in [0, 0.1) is 22.7 Å². The minimum Gasteiger partial charge on any atom is -0.373 e. The second-order valence-corrected chi connectivity index (χ2v) is 13.9. The van der Waals surface area contributed by atoms with E-state index in [0.717, 1.165) is 33.4 Å². The van der Waals surface area contributed by atoms with Gasteiger partial charge >= 0.3 is 0 Å². The number of rotatable bonds is 11. The van der Waals surface area contributed by atoms with Crippen LogP contribution in [0.5, 0.6) is 0 Å². The molecule has 0 radical (unpaired) electrons. The van der Waals surface area contributed by atoms with Crippen LogP contribution >= 0.6 is 0 Å². The standard InChI is InChI=1S/C41H54O4/c1-28(18-14-20-30(3)22-24-34-32(5)38(43)36(42)26-40(34,7)8)16-12-13-17-29(2)19-15-21-31(4)23-25-35-33(6)39(44)37(45-11)27-41(35,9)10/h12-25,32,34,37H,26-27H2,1-11H3/t32?,34?,37-/m0/s1. The summed E-state index contributed by atoms with van der Waals surface area (Å²) in [6.07, 6.45) is 29.4. The van der Waals surface area contributed by atoms with Crippen LogP contribution in [0.15, 0.2) is 119 Å². The predicted octanol–water partition coefficient (Wildman–Crippen LogP) is 9.70. The van der Waals surface area contributed by atoms with E-state index in [4.69, 9.17) is 4.74 Å². The number of carbonyl (C=O) groups excluding carboxylic acids is 3. The minimum atomic E-state index is -0.356. The first-order valence-corrected chi connectivity index (χ1v) is 15.9. The highest BCUT2D eigenvalue weighted by Crippen LogP contribution is 2.42. The van der Waals surface area contributed by atoms with Gasteiger partial charge in [-0.2, -0.15) is 0 Å². The van der Waals surface area contributed by atoms with E-state index in [0.29, 0.717) is 12.8 Å². The molecular weight excluding hydrogens is 556 g/mol. The summed E-state index contributed by atoms with van der Waals surface area (Å²) in [6, 6.07) is 0. The van der Waals surface area contributed by atoms with Gasteiger partial charge in [0.05, 0.1) is 0 Å². The Kier molecular flexibility index (Phi) is 13.9. The van der Waals surface area contributed by atoms with Gasteiger partial charge in [-0.3, -0.25) is 14.4 Å². The van der Waals surface area contributed by atoms with Gasteiger partial charge in [-0.15, -0.1) is 0 Å². The molecule has 2 rings (SSSR count). The molecule has 0 aromatic rings. The lowest BCUT2D eigenvalue weighted by Gasteiger charge is -2.39. The summed E-state index contributed by atoms with van der Waals surface area (Å²) in [4.78, 5) is 36.8. The van der Waals surface area contributed by atoms with Crippen LogP contribution in [-0.2, 0) is 19.1 Å². The first kappa shape index (κ1) is 37.6. The predicted molar refractivity (Wildman–Crippen MR) is 189 cm³/mol. The fourth-order valence-corrected chi connectivity index (χ4v) is 6.04. The fraction of sp³-hybridized carbons (Fsp3) is 0.439. The van der Waals surface area contributed by atoms with Gasteiger partial charge in [-0.1, -0.05) is 142 Å². The molecule has 4 heteroatoms. The molecule has 0 N–H and O–H groups in total. The molecule has 0 bridgehead atoms. The normalized spacial score (nSPS) is 25.8. The smallest absolute Gasteiger partial charge is 0.201 e. The molecule has 0 aromatic carbocycles. The molecule has 3 atom stereocenters. The van der Waals surface area contributed by atoms with Crippen molar-refractivity contribution in [3.05, 3.63) is 119 Å². The van der Waals surface area contributed by atoms with E-state index in [2.05, 4.69) is 109 Å². The maximum Gasteiger partial charge on any atom is 0.201 e. The van der Waals surface area contributed by atoms with Crippen molar-refractivity contribution in [3.63, 3.8) is 0 Å². The average molecular weight is 611 g/mol. The molecule has 45 heavy (non-hydrogen) atoms. The van der Waals surface area contributed by atoms with E-state index in [9.17, 15) is 14.4 Å². The number of hydrogen-bond acceptors (Lipinski definition) is 4. The Labute approximate surface area is 272 Å². The van der Waals surface area contributed by atoms with Crippen molar-refractivity contribution >= 4 is 17.3 Å². The van der Waals surface area contributed by atoms with E-state index < -0.39 is 0 Å². The highest BCUT2D eigenvalue weighted by atomic mass is 16.5. The van der Waals surface area contributed by atoms with Crippen molar-refractivity contribution in [2.75, 3.05) is 7.11 Å². The van der Waals surface area contributed by atoms with Crippen molar-refractivity contribution in [2.24, 2.45) is 22.7 Å². The summed E-state index contributed by atoms with van der Waals surface area (Å²) >= 11 is 0. The third-order valence-corrected chi connectivity index (χ3v) is 8.87. The molecule has 2 unspecified atom stereocenters. The zero-order chi connectivity index (χ0) is 33.9. The van der Waals surface area contributed by atoms with Gasteiger partial charge < -0.3 is 4.74 Å². The molecule has 0 spiro atoms. The molecule has 0 aromatic heterocycles. The second-order valence-electron chi connectivity index (χ2n) is 13.9. The summed E-state index contributed by atoms with van der Waals surface area (Å²) in [5.74, 6) is -0.645. The molecule has 0 amide bonds. The third kappa shape index (κ3) is 11.0. The van der Waals surface area contributed by atoms with Gasteiger partial charge in [0.15, 0.2) is 11.6 Å². The Morgan fingerprint density at radius 2 is 1.22 bits per heavy atom. The van der Waals surface area contributed by atoms with Crippen LogP contribution in [0.4, 0.5) is 0 Å². The average Bonchev–Trinajstić information content (AvgIpc) is 2.95. The number of hydrogen-bond donors (Lipinski definition) is 0. The van der Waals surface area contributed by atoms with Gasteiger partial charge in [0.1, 0.15) is 6.10 Å². The van der Waals surface area contributed by atoms with Crippen LogP contribution in [0.1, 0.15) is 82.1 Å². The summed E-state index contributed by atoms with van der Waals surface area (Å²) in [7, 11) is 1.60. The molecule has 0 saturated heterocycles. The summed E-state index contributed by atoms with van der Waals surface area (Å²) in [5, 5.41) is 0. The van der Waals surface area contributed by atoms with Crippen molar-refractivity contribution in [3.8, 4) is 0 Å². The fourth-order valence-electron chi connectivity index (χ4n) is 6.04. The van der Waals surface area contributed by atoms with Gasteiger partial charge in [0.2, 0.25) is 5.78 Å². The van der Waals surface area contributed by atoms with Crippen LogP contribution in [0.25, 0.3) is 0 Å². The molecule has 4 nitrogen and oxygen atoms in total. The maximum absolute atomic E-state index is 12.6.